The molecule has 0 saturated heterocycles. The van der Waals surface area contributed by atoms with Crippen molar-refractivity contribution in [2.24, 2.45) is 7.05 Å². The number of ketones is 1. The minimum atomic E-state index is -0.128. The van der Waals surface area contributed by atoms with Crippen LogP contribution in [0.2, 0.25) is 0 Å². The van der Waals surface area contributed by atoms with Crippen LogP contribution in [0.25, 0.3) is 0 Å². The molecule has 2 heterocycles. The van der Waals surface area contributed by atoms with Gasteiger partial charge in [-0.25, -0.2) is 0 Å². The summed E-state index contributed by atoms with van der Waals surface area (Å²) in [6, 6.07) is 3.29. The Hall–Kier alpha value is -1.69. The Labute approximate surface area is 90.5 Å². The van der Waals surface area contributed by atoms with Crippen molar-refractivity contribution in [1.29, 1.82) is 0 Å². The predicted molar refractivity (Wildman–Crippen MR) is 55.3 cm³/mol. The largest absolute Gasteiger partial charge is 0.480 e. The molecule has 2 aromatic rings. The molecular formula is C9H9N3O2S. The molecule has 15 heavy (non-hydrogen) atoms. The lowest BCUT2D eigenvalue weighted by atomic mass is 10.2. The van der Waals surface area contributed by atoms with Gasteiger partial charge in [-0.3, -0.25) is 9.48 Å². The van der Waals surface area contributed by atoms with Crippen molar-refractivity contribution in [3.8, 4) is 5.88 Å². The number of methoxy groups -OCH3 is 1. The predicted octanol–water partition coefficient (Wildman–Crippen LogP) is 1.12. The number of hydrogen-bond donors (Lipinski definition) is 0. The molecular weight excluding hydrogens is 214 g/mol. The van der Waals surface area contributed by atoms with Gasteiger partial charge in [0, 0.05) is 19.3 Å². The van der Waals surface area contributed by atoms with Gasteiger partial charge in [-0.15, -0.1) is 0 Å². The zero-order chi connectivity index (χ0) is 10.8. The molecule has 0 aliphatic carbocycles. The second-order valence-corrected chi connectivity index (χ2v) is 3.74. The van der Waals surface area contributed by atoms with Crippen LogP contribution in [0.4, 0.5) is 0 Å². The molecule has 6 heteroatoms. The van der Waals surface area contributed by atoms with Gasteiger partial charge in [0.2, 0.25) is 11.7 Å². The van der Waals surface area contributed by atoms with Gasteiger partial charge in [-0.05, 0) is 17.6 Å². The van der Waals surface area contributed by atoms with Crippen LogP contribution in [-0.2, 0) is 7.05 Å². The summed E-state index contributed by atoms with van der Waals surface area (Å²) >= 11 is 1.11. The molecule has 2 rings (SSSR count). The summed E-state index contributed by atoms with van der Waals surface area (Å²) in [6.07, 6.45) is 1.73. The fraction of sp³-hybridized carbons (Fsp3) is 0.222. The zero-order valence-corrected chi connectivity index (χ0v) is 9.11. The molecule has 0 fully saturated rings. The Morgan fingerprint density at radius 3 is 2.93 bits per heavy atom. The maximum absolute atomic E-state index is 11.8. The first-order valence-corrected chi connectivity index (χ1v) is 5.03. The highest BCUT2D eigenvalue weighted by Crippen LogP contribution is 2.18. The topological polar surface area (TPSA) is 57.0 Å². The molecule has 0 aromatic carbocycles. The summed E-state index contributed by atoms with van der Waals surface area (Å²) < 4.78 is 10.4. The lowest BCUT2D eigenvalue weighted by Crippen LogP contribution is -2.00. The summed E-state index contributed by atoms with van der Waals surface area (Å²) in [5.41, 5.74) is 0.420. The van der Waals surface area contributed by atoms with Crippen LogP contribution >= 0.6 is 11.5 Å². The van der Waals surface area contributed by atoms with Crippen LogP contribution in [-0.4, -0.2) is 27.0 Å². The Bertz CT molecular complexity index is 489. The van der Waals surface area contributed by atoms with Crippen molar-refractivity contribution < 1.29 is 9.53 Å². The molecule has 2 aromatic heterocycles. The van der Waals surface area contributed by atoms with Crippen LogP contribution in [0.1, 0.15) is 15.4 Å². The van der Waals surface area contributed by atoms with Crippen molar-refractivity contribution in [1.82, 2.24) is 14.2 Å². The highest BCUT2D eigenvalue weighted by atomic mass is 32.1. The second kappa shape index (κ2) is 3.82. The van der Waals surface area contributed by atoms with Gasteiger partial charge >= 0.3 is 0 Å². The number of ether oxygens (including phenoxy) is 1. The van der Waals surface area contributed by atoms with Gasteiger partial charge in [-0.2, -0.15) is 9.47 Å². The average molecular weight is 223 g/mol. The highest BCUT2D eigenvalue weighted by Gasteiger charge is 2.15. The van der Waals surface area contributed by atoms with E-state index in [0.717, 1.165) is 11.5 Å². The Kier molecular flexibility index (Phi) is 2.51. The van der Waals surface area contributed by atoms with Gasteiger partial charge < -0.3 is 4.74 Å². The van der Waals surface area contributed by atoms with E-state index in [1.165, 1.54) is 7.11 Å². The minimum absolute atomic E-state index is 0.128. The van der Waals surface area contributed by atoms with E-state index in [0.29, 0.717) is 16.5 Å². The average Bonchev–Trinajstić information content (AvgIpc) is 2.84. The molecule has 0 spiro atoms. The Balaban J connectivity index is 2.28. The summed E-state index contributed by atoms with van der Waals surface area (Å²) in [6.45, 7) is 0. The lowest BCUT2D eigenvalue weighted by molar-refractivity contribution is 0.103. The van der Waals surface area contributed by atoms with Crippen molar-refractivity contribution in [2.75, 3.05) is 7.11 Å². The lowest BCUT2D eigenvalue weighted by Gasteiger charge is -1.90. The summed E-state index contributed by atoms with van der Waals surface area (Å²) in [5.74, 6) is 0.329. The van der Waals surface area contributed by atoms with Crippen LogP contribution in [0.15, 0.2) is 18.3 Å². The third kappa shape index (κ3) is 1.89. The highest BCUT2D eigenvalue weighted by molar-refractivity contribution is 7.08. The van der Waals surface area contributed by atoms with E-state index < -0.39 is 0 Å². The molecule has 0 N–H and O–H groups in total. The fourth-order valence-corrected chi connectivity index (χ4v) is 1.78. The van der Waals surface area contributed by atoms with Gasteiger partial charge in [0.25, 0.3) is 0 Å². The first-order valence-electron chi connectivity index (χ1n) is 4.26. The van der Waals surface area contributed by atoms with Crippen LogP contribution in [0.3, 0.4) is 0 Å². The molecule has 0 unspecified atom stereocenters. The maximum atomic E-state index is 11.8. The van der Waals surface area contributed by atoms with Gasteiger partial charge in [0.05, 0.1) is 7.11 Å². The van der Waals surface area contributed by atoms with Crippen LogP contribution in [0.5, 0.6) is 5.88 Å². The monoisotopic (exact) mass is 223 g/mol. The number of hydrogen-bond acceptors (Lipinski definition) is 5. The quantitative estimate of drug-likeness (QED) is 0.731. The summed E-state index contributed by atoms with van der Waals surface area (Å²) in [5, 5.41) is 4.03. The van der Waals surface area contributed by atoms with Crippen molar-refractivity contribution in [2.45, 2.75) is 0 Å². The number of nitrogens with zero attached hydrogens (tertiary/aromatic N) is 3. The number of carbonyl (C=O) groups is 1. The molecule has 0 radical (unpaired) electrons. The Morgan fingerprint density at radius 1 is 1.60 bits per heavy atom. The SMILES string of the molecule is COc1cc(C(=O)c2ccn(C)n2)sn1. The number of aromatic nitrogens is 3. The van der Waals surface area contributed by atoms with Crippen molar-refractivity contribution >= 4 is 17.3 Å². The van der Waals surface area contributed by atoms with Crippen molar-refractivity contribution in [3.05, 3.63) is 28.9 Å². The number of rotatable bonds is 3. The molecule has 0 saturated carbocycles. The van der Waals surface area contributed by atoms with Gasteiger partial charge in [-0.1, -0.05) is 0 Å². The normalized spacial score (nSPS) is 10.3. The van der Waals surface area contributed by atoms with E-state index in [-0.39, 0.29) is 5.78 Å². The molecule has 0 amide bonds. The molecule has 78 valence electrons. The first kappa shape index (κ1) is 9.85. The number of aryl methyl sites for hydroxylation is 1. The molecule has 0 aliphatic rings. The summed E-state index contributed by atoms with van der Waals surface area (Å²) in [7, 11) is 3.29. The standard InChI is InChI=1S/C9H9N3O2S/c1-12-4-3-6(10-12)9(13)7-5-8(14-2)11-15-7/h3-5H,1-2H3. The van der Waals surface area contributed by atoms with E-state index >= 15 is 0 Å². The Morgan fingerprint density at radius 2 is 2.40 bits per heavy atom. The van der Waals surface area contributed by atoms with Gasteiger partial charge in [0.1, 0.15) is 10.6 Å². The third-order valence-electron chi connectivity index (χ3n) is 1.87. The van der Waals surface area contributed by atoms with E-state index in [1.807, 2.05) is 0 Å². The zero-order valence-electron chi connectivity index (χ0n) is 8.30. The smallest absolute Gasteiger partial charge is 0.225 e. The first-order chi connectivity index (χ1) is 7.20. The second-order valence-electron chi connectivity index (χ2n) is 2.94. The molecule has 0 aliphatic heterocycles. The van der Waals surface area contributed by atoms with E-state index in [1.54, 1.807) is 30.1 Å². The number of carbonyl (C=O) groups excluding carboxylic acids is 1. The van der Waals surface area contributed by atoms with Crippen LogP contribution in [0, 0.1) is 0 Å². The molecule has 0 bridgehead atoms. The van der Waals surface area contributed by atoms with Crippen molar-refractivity contribution in [3.63, 3.8) is 0 Å². The van der Waals surface area contributed by atoms with Gasteiger partial charge in [0.15, 0.2) is 0 Å². The van der Waals surface area contributed by atoms with E-state index in [4.69, 9.17) is 4.74 Å². The van der Waals surface area contributed by atoms with Crippen LogP contribution < -0.4 is 4.74 Å². The van der Waals surface area contributed by atoms with E-state index in [9.17, 15) is 4.79 Å². The third-order valence-corrected chi connectivity index (χ3v) is 2.64. The molecule has 5 nitrogen and oxygen atoms in total. The molecule has 0 atom stereocenters. The summed E-state index contributed by atoms with van der Waals surface area (Å²) in [4.78, 5) is 12.4. The fourth-order valence-electron chi connectivity index (χ4n) is 1.12. The van der Waals surface area contributed by atoms with E-state index in [2.05, 4.69) is 9.47 Å². The minimum Gasteiger partial charge on any atom is -0.480 e. The maximum Gasteiger partial charge on any atom is 0.225 e.